The van der Waals surface area contributed by atoms with Crippen LogP contribution in [0.4, 0.5) is 79.0 Å². The summed E-state index contributed by atoms with van der Waals surface area (Å²) in [6.45, 7) is -3.87. The zero-order valence-electron chi connectivity index (χ0n) is 23.6. The van der Waals surface area contributed by atoms with Crippen LogP contribution in [0.25, 0.3) is 0 Å². The number of nitrogens with one attached hydrogen (secondary N) is 1. The fourth-order valence-corrected chi connectivity index (χ4v) is 3.10. The van der Waals surface area contributed by atoms with E-state index in [2.05, 4.69) is 14.8 Å². The van der Waals surface area contributed by atoms with Gasteiger partial charge in [0.15, 0.2) is 0 Å². The summed E-state index contributed by atoms with van der Waals surface area (Å²) in [4.78, 5) is 24.2. The van der Waals surface area contributed by atoms with Crippen LogP contribution < -0.4 is 5.32 Å². The highest BCUT2D eigenvalue weighted by Gasteiger charge is 2.82. The maximum atomic E-state index is 13.7. The molecular weight excluding hydrogens is 698 g/mol. The Hall–Kier alpha value is -2.40. The van der Waals surface area contributed by atoms with E-state index in [4.69, 9.17) is 0 Å². The molecule has 6 nitrogen and oxygen atoms in total. The molecule has 0 rings (SSSR count). The number of halogens is 18. The molecule has 0 aromatic heterocycles. The lowest BCUT2D eigenvalue weighted by Crippen LogP contribution is -2.61. The second kappa shape index (κ2) is 14.4. The van der Waals surface area contributed by atoms with Crippen molar-refractivity contribution in [1.82, 2.24) is 5.32 Å². The minimum atomic E-state index is -7.24. The predicted molar refractivity (Wildman–Crippen MR) is 117 cm³/mol. The second-order valence-electron chi connectivity index (χ2n) is 10.7. The van der Waals surface area contributed by atoms with Gasteiger partial charge in [-0.2, -0.15) is 79.0 Å². The molecule has 0 saturated carbocycles. The first-order chi connectivity index (χ1) is 20.1. The van der Waals surface area contributed by atoms with Crippen LogP contribution in [-0.4, -0.2) is 118 Å². The third-order valence-electron chi connectivity index (χ3n) is 5.81. The SMILES string of the molecule is C[N+](C)(C)CCCNC(CC(=O)OCCC(F)(F)C(F)(F)C(F)(F)C(F)(F)F)C(=O)OCCC(F)(F)C(F)(F)C(F)(F)C(F)(F)F. The molecule has 0 bridgehead atoms. The molecule has 0 aliphatic rings. The second-order valence-corrected chi connectivity index (χ2v) is 10.7. The summed E-state index contributed by atoms with van der Waals surface area (Å²) in [6.07, 6.45) is -20.8. The molecule has 0 amide bonds. The van der Waals surface area contributed by atoms with E-state index in [-0.39, 0.29) is 17.4 Å². The Kier molecular flexibility index (Phi) is 13.6. The Morgan fingerprint density at radius 2 is 0.978 bits per heavy atom. The molecule has 0 fully saturated rings. The zero-order chi connectivity index (χ0) is 37.0. The first-order valence-electron chi connectivity index (χ1n) is 12.4. The summed E-state index contributed by atoms with van der Waals surface area (Å²) in [5, 5.41) is 2.23. The van der Waals surface area contributed by atoms with E-state index in [0.717, 1.165) is 0 Å². The number of carbonyl (C=O) groups is 2. The van der Waals surface area contributed by atoms with Crippen molar-refractivity contribution in [1.29, 1.82) is 0 Å². The van der Waals surface area contributed by atoms with Crippen LogP contribution in [0.5, 0.6) is 0 Å². The Balaban J connectivity index is 5.57. The third-order valence-corrected chi connectivity index (χ3v) is 5.81. The zero-order valence-corrected chi connectivity index (χ0v) is 23.6. The number of quaternary nitrogens is 1. The molecule has 0 aromatic carbocycles. The van der Waals surface area contributed by atoms with Crippen molar-refractivity contribution in [3.05, 3.63) is 0 Å². The van der Waals surface area contributed by atoms with Crippen molar-refractivity contribution in [3.8, 4) is 0 Å². The van der Waals surface area contributed by atoms with Gasteiger partial charge < -0.3 is 19.3 Å². The largest absolute Gasteiger partial charge is 0.465 e. The van der Waals surface area contributed by atoms with Gasteiger partial charge in [-0.25, -0.2) is 0 Å². The van der Waals surface area contributed by atoms with Crippen molar-refractivity contribution in [2.24, 2.45) is 0 Å². The minimum Gasteiger partial charge on any atom is -0.465 e. The summed E-state index contributed by atoms with van der Waals surface area (Å²) in [6, 6.07) is -2.10. The average molecular weight is 725 g/mol. The standard InChI is InChI=1S/C22H27F18N2O4/c1-42(2,3)8-4-7-41-12(14(44)46-10-6-16(25,26)18(29,30)20(33,34)22(38,39)40)11-13(43)45-9-5-15(23,24)17(27,28)19(31,32)21(35,36)37/h12,41H,4-11H2,1-3H3/q+1. The van der Waals surface area contributed by atoms with Crippen LogP contribution >= 0.6 is 0 Å². The molecular formula is C22H27F18N2O4+. The number of alkyl halides is 18. The van der Waals surface area contributed by atoms with Gasteiger partial charge in [-0.15, -0.1) is 0 Å². The number of hydrogen-bond acceptors (Lipinski definition) is 5. The van der Waals surface area contributed by atoms with Crippen LogP contribution in [0.3, 0.4) is 0 Å². The fourth-order valence-electron chi connectivity index (χ4n) is 3.10. The molecule has 1 N–H and O–H groups in total. The van der Waals surface area contributed by atoms with Gasteiger partial charge in [0, 0.05) is 13.0 Å². The quantitative estimate of drug-likeness (QED) is 0.0786. The molecule has 0 saturated heterocycles. The number of rotatable bonds is 18. The summed E-state index contributed by atoms with van der Waals surface area (Å²) >= 11 is 0. The van der Waals surface area contributed by atoms with E-state index in [0.29, 0.717) is 6.54 Å². The van der Waals surface area contributed by atoms with Crippen LogP contribution in [0.1, 0.15) is 25.7 Å². The predicted octanol–water partition coefficient (Wildman–Crippen LogP) is 6.23. The van der Waals surface area contributed by atoms with E-state index in [1.165, 1.54) is 0 Å². The molecule has 0 aliphatic heterocycles. The number of carbonyl (C=O) groups excluding carboxylic acids is 2. The van der Waals surface area contributed by atoms with E-state index in [1.807, 2.05) is 0 Å². The van der Waals surface area contributed by atoms with E-state index >= 15 is 0 Å². The normalized spacial score (nSPS) is 15.5. The van der Waals surface area contributed by atoms with Crippen molar-refractivity contribution in [3.63, 3.8) is 0 Å². The lowest BCUT2D eigenvalue weighted by molar-refractivity contribution is -0.870. The van der Waals surface area contributed by atoms with Gasteiger partial charge in [-0.3, -0.25) is 9.59 Å². The summed E-state index contributed by atoms with van der Waals surface area (Å²) in [7, 11) is 5.02. The highest BCUT2D eigenvalue weighted by molar-refractivity contribution is 5.82. The molecule has 24 heteroatoms. The van der Waals surface area contributed by atoms with Gasteiger partial charge in [0.2, 0.25) is 0 Å². The Morgan fingerprint density at radius 1 is 0.609 bits per heavy atom. The third kappa shape index (κ3) is 10.3. The van der Waals surface area contributed by atoms with Crippen LogP contribution in [0.2, 0.25) is 0 Å². The number of nitrogens with zero attached hydrogens (tertiary/aromatic N) is 1. The minimum absolute atomic E-state index is 0.133. The highest BCUT2D eigenvalue weighted by Crippen LogP contribution is 2.55. The molecule has 1 unspecified atom stereocenters. The van der Waals surface area contributed by atoms with Crippen molar-refractivity contribution >= 4 is 11.9 Å². The lowest BCUT2D eigenvalue weighted by atomic mass is 10.0. The molecule has 0 spiro atoms. The Labute approximate surface area is 247 Å². The fraction of sp³-hybridized carbons (Fsp3) is 0.909. The van der Waals surface area contributed by atoms with Crippen LogP contribution in [0, 0.1) is 0 Å². The van der Waals surface area contributed by atoms with Gasteiger partial charge in [0.25, 0.3) is 0 Å². The Bertz CT molecular complexity index is 1020. The topological polar surface area (TPSA) is 64.6 Å². The molecule has 0 aromatic rings. The summed E-state index contributed by atoms with van der Waals surface area (Å²) in [5.74, 6) is -44.5. The smallest absolute Gasteiger partial charge is 0.460 e. The molecule has 0 aliphatic carbocycles. The molecule has 1 atom stereocenters. The van der Waals surface area contributed by atoms with Crippen molar-refractivity contribution < 1.29 is 103 Å². The maximum absolute atomic E-state index is 13.7. The summed E-state index contributed by atoms with van der Waals surface area (Å²) in [5.41, 5.74) is 0. The number of esters is 2. The van der Waals surface area contributed by atoms with Crippen molar-refractivity contribution in [2.75, 3.05) is 47.4 Å². The van der Waals surface area contributed by atoms with Gasteiger partial charge >= 0.3 is 59.8 Å². The first kappa shape index (κ1) is 43.6. The number of ether oxygens (including phenoxy) is 2. The molecule has 0 heterocycles. The van der Waals surface area contributed by atoms with Gasteiger partial charge in [-0.1, -0.05) is 0 Å². The van der Waals surface area contributed by atoms with Gasteiger partial charge in [-0.05, 0) is 0 Å². The van der Waals surface area contributed by atoms with Gasteiger partial charge in [0.1, 0.15) is 6.04 Å². The first-order valence-corrected chi connectivity index (χ1v) is 12.4. The monoisotopic (exact) mass is 725 g/mol. The van der Waals surface area contributed by atoms with Crippen molar-refractivity contribution in [2.45, 2.75) is 79.6 Å². The average Bonchev–Trinajstić information content (AvgIpc) is 2.83. The van der Waals surface area contributed by atoms with E-state index in [1.54, 1.807) is 21.1 Å². The summed E-state index contributed by atoms with van der Waals surface area (Å²) < 4.78 is 241. The van der Waals surface area contributed by atoms with Crippen LogP contribution in [-0.2, 0) is 19.1 Å². The Morgan fingerprint density at radius 3 is 1.33 bits per heavy atom. The number of hydrogen-bond donors (Lipinski definition) is 1. The highest BCUT2D eigenvalue weighted by atomic mass is 19.4. The lowest BCUT2D eigenvalue weighted by Gasteiger charge is -2.33. The molecule has 46 heavy (non-hydrogen) atoms. The molecule has 274 valence electrons. The van der Waals surface area contributed by atoms with Crippen LogP contribution in [0.15, 0.2) is 0 Å². The van der Waals surface area contributed by atoms with Gasteiger partial charge in [0.05, 0.1) is 60.2 Å². The maximum Gasteiger partial charge on any atom is 0.460 e. The van der Waals surface area contributed by atoms with E-state index < -0.39 is 98.3 Å². The van der Waals surface area contributed by atoms with E-state index in [9.17, 15) is 88.6 Å². The molecule has 0 radical (unpaired) electrons.